The third-order valence-corrected chi connectivity index (χ3v) is 6.25. The maximum atomic E-state index is 8.27. The average molecular weight is 481 g/mol. The van der Waals surface area contributed by atoms with Crippen LogP contribution in [0.25, 0.3) is 10.4 Å². The first-order valence-corrected chi connectivity index (χ1v) is 10.9. The van der Waals surface area contributed by atoms with Crippen molar-refractivity contribution in [2.24, 2.45) is 10.7 Å². The standard InChI is InChI=1S/C19H24IN5S/c1-12(20)19(22)25-9-3-4-16(25)18(21)23-10-14-5-7-15(8-6-14)17-13(2)24-11-26-17/h5-8,11-12,16,22H,3-4,9-10H2,1-2H3,(H2,21,23)/t12-,16-/m0/s1. The molecule has 1 aliphatic heterocycles. The van der Waals surface area contributed by atoms with Gasteiger partial charge >= 0.3 is 0 Å². The molecule has 0 spiro atoms. The van der Waals surface area contributed by atoms with E-state index < -0.39 is 0 Å². The Bertz CT molecular complexity index is 797. The summed E-state index contributed by atoms with van der Waals surface area (Å²) in [7, 11) is 0. The van der Waals surface area contributed by atoms with Crippen LogP contribution in [-0.4, -0.2) is 38.1 Å². The average Bonchev–Trinajstić information content (AvgIpc) is 3.28. The minimum atomic E-state index is 0.0684. The lowest BCUT2D eigenvalue weighted by atomic mass is 10.1. The Labute approximate surface area is 172 Å². The number of nitrogens with two attached hydrogens (primary N) is 1. The zero-order valence-corrected chi connectivity index (χ0v) is 18.0. The van der Waals surface area contributed by atoms with Crippen LogP contribution in [0.15, 0.2) is 34.8 Å². The maximum absolute atomic E-state index is 8.27. The van der Waals surface area contributed by atoms with Crippen molar-refractivity contribution < 1.29 is 0 Å². The highest BCUT2D eigenvalue weighted by Gasteiger charge is 2.30. The van der Waals surface area contributed by atoms with Crippen molar-refractivity contribution >= 4 is 45.6 Å². The van der Waals surface area contributed by atoms with Gasteiger partial charge in [0.05, 0.1) is 32.6 Å². The van der Waals surface area contributed by atoms with Crippen LogP contribution in [0.1, 0.15) is 31.0 Å². The molecule has 1 fully saturated rings. The van der Waals surface area contributed by atoms with E-state index in [-0.39, 0.29) is 9.97 Å². The number of rotatable bonds is 5. The third kappa shape index (κ3) is 4.25. The first-order valence-electron chi connectivity index (χ1n) is 8.75. The van der Waals surface area contributed by atoms with Crippen LogP contribution < -0.4 is 5.73 Å². The number of thiazole rings is 1. The summed E-state index contributed by atoms with van der Waals surface area (Å²) in [4.78, 5) is 12.3. The molecule has 0 saturated carbocycles. The molecule has 1 saturated heterocycles. The topological polar surface area (TPSA) is 78.4 Å². The second-order valence-electron chi connectivity index (χ2n) is 6.56. The van der Waals surface area contributed by atoms with E-state index in [0.717, 1.165) is 30.6 Å². The van der Waals surface area contributed by atoms with Crippen molar-refractivity contribution in [3.63, 3.8) is 0 Å². The van der Waals surface area contributed by atoms with Crippen molar-refractivity contribution in [3.8, 4) is 10.4 Å². The summed E-state index contributed by atoms with van der Waals surface area (Å²) < 4.78 is 0.184. The largest absolute Gasteiger partial charge is 0.386 e. The van der Waals surface area contributed by atoms with Crippen LogP contribution in [-0.2, 0) is 6.54 Å². The molecule has 26 heavy (non-hydrogen) atoms. The van der Waals surface area contributed by atoms with E-state index in [1.807, 2.05) is 19.4 Å². The molecule has 3 N–H and O–H groups in total. The van der Waals surface area contributed by atoms with Crippen LogP contribution >= 0.6 is 33.9 Å². The van der Waals surface area contributed by atoms with Crippen molar-refractivity contribution in [2.45, 2.75) is 43.2 Å². The highest BCUT2D eigenvalue weighted by molar-refractivity contribution is 14.1. The minimum absolute atomic E-state index is 0.0684. The first kappa shape index (κ1) is 19.3. The molecular formula is C19H24IN5S. The Morgan fingerprint density at radius 2 is 2.19 bits per heavy atom. The van der Waals surface area contributed by atoms with E-state index in [4.69, 9.17) is 11.1 Å². The number of amidine groups is 2. The summed E-state index contributed by atoms with van der Waals surface area (Å²) in [5, 5.41) is 8.27. The third-order valence-electron chi connectivity index (χ3n) is 4.69. The van der Waals surface area contributed by atoms with Crippen molar-refractivity contribution in [1.29, 1.82) is 5.41 Å². The molecular weight excluding hydrogens is 457 g/mol. The number of aromatic nitrogens is 1. The normalized spacial score (nSPS) is 19.0. The van der Waals surface area contributed by atoms with Gasteiger partial charge in [0.15, 0.2) is 0 Å². The molecule has 5 nitrogen and oxygen atoms in total. The fourth-order valence-electron chi connectivity index (χ4n) is 3.22. The molecule has 1 aromatic carbocycles. The van der Waals surface area contributed by atoms with Crippen molar-refractivity contribution in [3.05, 3.63) is 41.0 Å². The second-order valence-corrected chi connectivity index (χ2v) is 9.28. The number of hydrogen-bond acceptors (Lipinski definition) is 4. The molecule has 7 heteroatoms. The van der Waals surface area contributed by atoms with Gasteiger partial charge < -0.3 is 10.6 Å². The van der Waals surface area contributed by atoms with Gasteiger partial charge in [-0.25, -0.2) is 4.98 Å². The zero-order valence-electron chi connectivity index (χ0n) is 15.1. The van der Waals surface area contributed by atoms with Gasteiger partial charge in [0.2, 0.25) is 0 Å². The molecule has 0 unspecified atom stereocenters. The summed E-state index contributed by atoms with van der Waals surface area (Å²) in [6.07, 6.45) is 2.04. The van der Waals surface area contributed by atoms with E-state index in [9.17, 15) is 0 Å². The van der Waals surface area contributed by atoms with Gasteiger partial charge in [0.25, 0.3) is 0 Å². The monoisotopic (exact) mass is 481 g/mol. The molecule has 0 radical (unpaired) electrons. The molecule has 2 heterocycles. The highest BCUT2D eigenvalue weighted by atomic mass is 127. The Morgan fingerprint density at radius 3 is 2.81 bits per heavy atom. The van der Waals surface area contributed by atoms with Crippen molar-refractivity contribution in [1.82, 2.24) is 9.88 Å². The Kier molecular flexibility index (Phi) is 6.29. The molecule has 2 aromatic rings. The summed E-state index contributed by atoms with van der Waals surface area (Å²) in [6, 6.07) is 8.52. The lowest BCUT2D eigenvalue weighted by Gasteiger charge is -2.28. The molecule has 0 amide bonds. The lowest BCUT2D eigenvalue weighted by molar-refractivity contribution is 0.454. The SMILES string of the molecule is Cc1ncsc1-c1ccc(CN=C(N)[C@@H]2CCCN2C(=N)[C@H](C)I)cc1. The fraction of sp³-hybridized carbons (Fsp3) is 0.421. The Morgan fingerprint density at radius 1 is 1.46 bits per heavy atom. The van der Waals surface area contributed by atoms with E-state index >= 15 is 0 Å². The van der Waals surface area contributed by atoms with E-state index in [1.54, 1.807) is 11.3 Å². The van der Waals surface area contributed by atoms with Crippen LogP contribution in [0.3, 0.4) is 0 Å². The van der Waals surface area contributed by atoms with Gasteiger partial charge in [-0.3, -0.25) is 10.4 Å². The van der Waals surface area contributed by atoms with Gasteiger partial charge in [-0.05, 0) is 37.8 Å². The summed E-state index contributed by atoms with van der Waals surface area (Å²) in [6.45, 7) is 5.55. The van der Waals surface area contributed by atoms with Crippen LogP contribution in [0, 0.1) is 12.3 Å². The Hall–Kier alpha value is -1.48. The summed E-state index contributed by atoms with van der Waals surface area (Å²) in [5.74, 6) is 1.29. The summed E-state index contributed by atoms with van der Waals surface area (Å²) in [5.41, 5.74) is 11.6. The van der Waals surface area contributed by atoms with Gasteiger partial charge in [-0.2, -0.15) is 0 Å². The van der Waals surface area contributed by atoms with Crippen LogP contribution in [0.5, 0.6) is 0 Å². The molecule has 1 aromatic heterocycles. The number of alkyl halides is 1. The number of benzene rings is 1. The van der Waals surface area contributed by atoms with E-state index in [0.29, 0.717) is 18.2 Å². The quantitative estimate of drug-likeness (QED) is 0.290. The first-order chi connectivity index (χ1) is 12.5. The zero-order chi connectivity index (χ0) is 18.7. The number of nitrogens with zero attached hydrogens (tertiary/aromatic N) is 3. The number of likely N-dealkylation sites (tertiary alicyclic amines) is 1. The Balaban J connectivity index is 1.67. The number of nitrogens with one attached hydrogen (secondary N) is 1. The van der Waals surface area contributed by atoms with Gasteiger partial charge in [-0.1, -0.05) is 46.9 Å². The van der Waals surface area contributed by atoms with Crippen LogP contribution in [0.2, 0.25) is 0 Å². The maximum Gasteiger partial charge on any atom is 0.117 e. The highest BCUT2D eigenvalue weighted by Crippen LogP contribution is 2.27. The number of hydrogen-bond donors (Lipinski definition) is 2. The van der Waals surface area contributed by atoms with Gasteiger partial charge in [0.1, 0.15) is 11.7 Å². The smallest absolute Gasteiger partial charge is 0.117 e. The van der Waals surface area contributed by atoms with E-state index in [2.05, 4.69) is 61.7 Å². The fourth-order valence-corrected chi connectivity index (χ4v) is 4.39. The van der Waals surface area contributed by atoms with Gasteiger partial charge in [0, 0.05) is 6.54 Å². The summed E-state index contributed by atoms with van der Waals surface area (Å²) >= 11 is 3.95. The predicted molar refractivity (Wildman–Crippen MR) is 119 cm³/mol. The molecule has 0 bridgehead atoms. The van der Waals surface area contributed by atoms with Gasteiger partial charge in [-0.15, -0.1) is 11.3 Å². The number of aryl methyl sites for hydroxylation is 1. The lowest BCUT2D eigenvalue weighted by Crippen LogP contribution is -2.45. The number of aliphatic imine (C=N–C) groups is 1. The molecule has 0 aliphatic carbocycles. The minimum Gasteiger partial charge on any atom is -0.386 e. The molecule has 3 rings (SSSR count). The number of halogens is 1. The molecule has 1 aliphatic rings. The predicted octanol–water partition coefficient (Wildman–Crippen LogP) is 4.24. The van der Waals surface area contributed by atoms with E-state index in [1.165, 1.54) is 10.4 Å². The van der Waals surface area contributed by atoms with Crippen LogP contribution in [0.4, 0.5) is 0 Å². The second kappa shape index (κ2) is 8.47. The molecule has 138 valence electrons. The molecule has 2 atom stereocenters. The van der Waals surface area contributed by atoms with Crippen molar-refractivity contribution in [2.75, 3.05) is 6.54 Å².